The lowest BCUT2D eigenvalue weighted by Crippen LogP contribution is -2.32. The first-order chi connectivity index (χ1) is 9.74. The minimum atomic E-state index is 0.543. The van der Waals surface area contributed by atoms with Gasteiger partial charge < -0.3 is 5.32 Å². The molecule has 2 fully saturated rings. The van der Waals surface area contributed by atoms with E-state index in [0.29, 0.717) is 6.04 Å². The van der Waals surface area contributed by atoms with Crippen molar-refractivity contribution in [2.24, 2.45) is 17.8 Å². The SMILES string of the molecule is CC1CCCCC1CNC(c1ccc(Cl)cc1)C1CC1. The Hall–Kier alpha value is -0.530. The molecular formula is C18H26ClN. The number of rotatable bonds is 5. The molecule has 1 aromatic carbocycles. The van der Waals surface area contributed by atoms with E-state index in [-0.39, 0.29) is 0 Å². The van der Waals surface area contributed by atoms with Crippen molar-refractivity contribution in [3.63, 3.8) is 0 Å². The van der Waals surface area contributed by atoms with Crippen molar-refractivity contribution in [3.05, 3.63) is 34.9 Å². The van der Waals surface area contributed by atoms with Gasteiger partial charge in [0, 0.05) is 11.1 Å². The molecule has 2 aliphatic rings. The minimum Gasteiger partial charge on any atom is -0.309 e. The summed E-state index contributed by atoms with van der Waals surface area (Å²) in [7, 11) is 0. The van der Waals surface area contributed by atoms with E-state index in [2.05, 4.69) is 24.4 Å². The van der Waals surface area contributed by atoms with Crippen molar-refractivity contribution in [2.75, 3.05) is 6.54 Å². The first-order valence-electron chi connectivity index (χ1n) is 8.23. The van der Waals surface area contributed by atoms with Crippen LogP contribution in [0.15, 0.2) is 24.3 Å². The second kappa shape index (κ2) is 6.49. The van der Waals surface area contributed by atoms with Gasteiger partial charge in [0.15, 0.2) is 0 Å². The highest BCUT2D eigenvalue weighted by Gasteiger charge is 2.33. The monoisotopic (exact) mass is 291 g/mol. The van der Waals surface area contributed by atoms with Crippen LogP contribution in [0.4, 0.5) is 0 Å². The van der Waals surface area contributed by atoms with Crippen LogP contribution in [0.5, 0.6) is 0 Å². The van der Waals surface area contributed by atoms with E-state index in [4.69, 9.17) is 11.6 Å². The maximum atomic E-state index is 6.01. The van der Waals surface area contributed by atoms with Crippen molar-refractivity contribution in [3.8, 4) is 0 Å². The fourth-order valence-corrected chi connectivity index (χ4v) is 3.76. The molecule has 20 heavy (non-hydrogen) atoms. The number of benzene rings is 1. The van der Waals surface area contributed by atoms with E-state index in [1.807, 2.05) is 12.1 Å². The van der Waals surface area contributed by atoms with E-state index in [0.717, 1.165) is 22.8 Å². The van der Waals surface area contributed by atoms with Gasteiger partial charge in [-0.3, -0.25) is 0 Å². The highest BCUT2D eigenvalue weighted by Crippen LogP contribution is 2.41. The summed E-state index contributed by atoms with van der Waals surface area (Å²) in [6.45, 7) is 3.62. The molecule has 0 spiro atoms. The molecule has 1 nitrogen and oxygen atoms in total. The Labute approximate surface area is 128 Å². The van der Waals surface area contributed by atoms with Crippen molar-refractivity contribution in [1.82, 2.24) is 5.32 Å². The summed E-state index contributed by atoms with van der Waals surface area (Å²) in [5.41, 5.74) is 1.42. The van der Waals surface area contributed by atoms with E-state index in [9.17, 15) is 0 Å². The summed E-state index contributed by atoms with van der Waals surface area (Å²) in [5.74, 6) is 2.61. The van der Waals surface area contributed by atoms with Crippen LogP contribution in [0, 0.1) is 17.8 Å². The van der Waals surface area contributed by atoms with Crippen molar-refractivity contribution in [1.29, 1.82) is 0 Å². The molecule has 0 aromatic heterocycles. The summed E-state index contributed by atoms with van der Waals surface area (Å²) in [5, 5.41) is 4.71. The summed E-state index contributed by atoms with van der Waals surface area (Å²) < 4.78 is 0. The molecule has 110 valence electrons. The second-order valence-corrected chi connectivity index (χ2v) is 7.23. The molecule has 0 heterocycles. The number of hydrogen-bond donors (Lipinski definition) is 1. The van der Waals surface area contributed by atoms with Crippen LogP contribution in [-0.4, -0.2) is 6.54 Å². The molecule has 2 aliphatic carbocycles. The maximum Gasteiger partial charge on any atom is 0.0406 e. The molecule has 3 rings (SSSR count). The average Bonchev–Trinajstić information content (AvgIpc) is 3.27. The van der Waals surface area contributed by atoms with Gasteiger partial charge in [0.05, 0.1) is 0 Å². The van der Waals surface area contributed by atoms with Gasteiger partial charge in [-0.25, -0.2) is 0 Å². The molecule has 2 heteroatoms. The van der Waals surface area contributed by atoms with Gasteiger partial charge in [0.25, 0.3) is 0 Å². The zero-order valence-electron chi connectivity index (χ0n) is 12.4. The van der Waals surface area contributed by atoms with E-state index in [1.165, 1.54) is 50.6 Å². The smallest absolute Gasteiger partial charge is 0.0406 e. The summed E-state index contributed by atoms with van der Waals surface area (Å²) >= 11 is 6.01. The van der Waals surface area contributed by atoms with Gasteiger partial charge in [0.1, 0.15) is 0 Å². The molecule has 2 saturated carbocycles. The van der Waals surface area contributed by atoms with Gasteiger partial charge >= 0.3 is 0 Å². The van der Waals surface area contributed by atoms with Crippen LogP contribution in [0.3, 0.4) is 0 Å². The quantitative estimate of drug-likeness (QED) is 0.785. The molecule has 0 saturated heterocycles. The summed E-state index contributed by atoms with van der Waals surface area (Å²) in [6, 6.07) is 8.99. The normalized spacial score (nSPS) is 28.3. The molecule has 1 N–H and O–H groups in total. The fraction of sp³-hybridized carbons (Fsp3) is 0.667. The zero-order valence-corrected chi connectivity index (χ0v) is 13.2. The van der Waals surface area contributed by atoms with E-state index >= 15 is 0 Å². The summed E-state index contributed by atoms with van der Waals surface area (Å²) in [6.07, 6.45) is 8.43. The van der Waals surface area contributed by atoms with E-state index in [1.54, 1.807) is 0 Å². The predicted molar refractivity (Wildman–Crippen MR) is 86.0 cm³/mol. The molecule has 0 radical (unpaired) electrons. The number of halogens is 1. The Balaban J connectivity index is 1.61. The van der Waals surface area contributed by atoms with Gasteiger partial charge in [-0.2, -0.15) is 0 Å². The Morgan fingerprint density at radius 1 is 1.10 bits per heavy atom. The Morgan fingerprint density at radius 2 is 1.80 bits per heavy atom. The highest BCUT2D eigenvalue weighted by molar-refractivity contribution is 6.30. The van der Waals surface area contributed by atoms with Crippen LogP contribution in [0.1, 0.15) is 57.1 Å². The fourth-order valence-electron chi connectivity index (χ4n) is 3.63. The van der Waals surface area contributed by atoms with E-state index < -0.39 is 0 Å². The largest absolute Gasteiger partial charge is 0.309 e. The second-order valence-electron chi connectivity index (χ2n) is 6.80. The van der Waals surface area contributed by atoms with Crippen molar-refractivity contribution >= 4 is 11.6 Å². The third kappa shape index (κ3) is 3.56. The molecule has 0 amide bonds. The molecule has 0 aliphatic heterocycles. The predicted octanol–water partition coefficient (Wildman–Crippen LogP) is 5.21. The number of nitrogens with one attached hydrogen (secondary N) is 1. The molecular weight excluding hydrogens is 266 g/mol. The van der Waals surface area contributed by atoms with Crippen LogP contribution in [0.25, 0.3) is 0 Å². The lowest BCUT2D eigenvalue weighted by Gasteiger charge is -2.31. The first-order valence-corrected chi connectivity index (χ1v) is 8.60. The van der Waals surface area contributed by atoms with Gasteiger partial charge in [-0.15, -0.1) is 0 Å². The Bertz CT molecular complexity index is 424. The zero-order chi connectivity index (χ0) is 13.9. The van der Waals surface area contributed by atoms with Gasteiger partial charge in [-0.1, -0.05) is 49.9 Å². The highest BCUT2D eigenvalue weighted by atomic mass is 35.5. The van der Waals surface area contributed by atoms with Crippen LogP contribution >= 0.6 is 11.6 Å². The molecule has 3 atom stereocenters. The first kappa shape index (κ1) is 14.4. The Morgan fingerprint density at radius 3 is 2.45 bits per heavy atom. The molecule has 1 aromatic rings. The molecule has 0 bridgehead atoms. The lowest BCUT2D eigenvalue weighted by atomic mass is 9.80. The van der Waals surface area contributed by atoms with Crippen LogP contribution < -0.4 is 5.32 Å². The maximum absolute atomic E-state index is 6.01. The molecule has 3 unspecified atom stereocenters. The third-order valence-electron chi connectivity index (χ3n) is 5.21. The Kier molecular flexibility index (Phi) is 4.68. The van der Waals surface area contributed by atoms with Crippen LogP contribution in [0.2, 0.25) is 5.02 Å². The van der Waals surface area contributed by atoms with Crippen molar-refractivity contribution < 1.29 is 0 Å². The van der Waals surface area contributed by atoms with Crippen LogP contribution in [-0.2, 0) is 0 Å². The third-order valence-corrected chi connectivity index (χ3v) is 5.46. The minimum absolute atomic E-state index is 0.543. The lowest BCUT2D eigenvalue weighted by molar-refractivity contribution is 0.237. The number of hydrogen-bond acceptors (Lipinski definition) is 1. The topological polar surface area (TPSA) is 12.0 Å². The standard InChI is InChI=1S/C18H26ClN/c1-13-4-2-3-5-16(13)12-20-18(14-6-7-14)15-8-10-17(19)11-9-15/h8-11,13-14,16,18,20H,2-7,12H2,1H3. The van der Waals surface area contributed by atoms with Gasteiger partial charge in [0.2, 0.25) is 0 Å². The van der Waals surface area contributed by atoms with Crippen molar-refractivity contribution in [2.45, 2.75) is 51.5 Å². The average molecular weight is 292 g/mol. The van der Waals surface area contributed by atoms with Gasteiger partial charge in [-0.05, 0) is 61.3 Å². The summed E-state index contributed by atoms with van der Waals surface area (Å²) in [4.78, 5) is 0.